The lowest BCUT2D eigenvalue weighted by Gasteiger charge is -2.27. The van der Waals surface area contributed by atoms with Crippen molar-refractivity contribution < 1.29 is 8.42 Å². The lowest BCUT2D eigenvalue weighted by atomic mass is 10.1. The molecule has 0 aliphatic heterocycles. The second kappa shape index (κ2) is 6.67. The van der Waals surface area contributed by atoms with Gasteiger partial charge in [0.1, 0.15) is 0 Å². The van der Waals surface area contributed by atoms with Gasteiger partial charge in [0.2, 0.25) is 10.0 Å². The molecule has 2 rings (SSSR count). The first-order valence-corrected chi connectivity index (χ1v) is 9.61. The Morgan fingerprint density at radius 1 is 1.19 bits per heavy atom. The normalized spacial score (nSPS) is 17.9. The van der Waals surface area contributed by atoms with E-state index in [1.54, 1.807) is 30.4 Å². The lowest BCUT2D eigenvalue weighted by molar-refractivity contribution is 0.335. The number of aryl methyl sites for hydroxylation is 1. The summed E-state index contributed by atoms with van der Waals surface area (Å²) < 4.78 is 28.0. The first-order valence-electron chi connectivity index (χ1n) is 7.37. The largest absolute Gasteiger partial charge is 0.398 e. The van der Waals surface area contributed by atoms with E-state index in [-0.39, 0.29) is 6.04 Å². The zero-order valence-electron chi connectivity index (χ0n) is 12.6. The summed E-state index contributed by atoms with van der Waals surface area (Å²) in [5.74, 6) is 0. The first-order chi connectivity index (χ1) is 9.84. The monoisotopic (exact) mass is 374 g/mol. The molecule has 2 N–H and O–H groups in total. The number of benzene rings is 1. The van der Waals surface area contributed by atoms with Crippen LogP contribution in [0.25, 0.3) is 0 Å². The van der Waals surface area contributed by atoms with Crippen molar-refractivity contribution in [1.29, 1.82) is 0 Å². The van der Waals surface area contributed by atoms with Gasteiger partial charge in [-0.15, -0.1) is 0 Å². The number of rotatable bonds is 3. The van der Waals surface area contributed by atoms with Gasteiger partial charge in [-0.05, 0) is 53.4 Å². The van der Waals surface area contributed by atoms with E-state index in [1.807, 2.05) is 0 Å². The highest BCUT2D eigenvalue weighted by molar-refractivity contribution is 9.10. The molecule has 4 nitrogen and oxygen atoms in total. The summed E-state index contributed by atoms with van der Waals surface area (Å²) in [6, 6.07) is 3.42. The average molecular weight is 375 g/mol. The van der Waals surface area contributed by atoms with E-state index in [9.17, 15) is 8.42 Å². The predicted octanol–water partition coefficient (Wildman–Crippen LogP) is 3.68. The van der Waals surface area contributed by atoms with E-state index in [0.29, 0.717) is 10.6 Å². The maximum atomic E-state index is 12.9. The summed E-state index contributed by atoms with van der Waals surface area (Å²) in [5, 5.41) is 0. The fourth-order valence-corrected chi connectivity index (χ4v) is 5.03. The molecular formula is C15H23BrN2O2S. The van der Waals surface area contributed by atoms with Crippen LogP contribution in [0.15, 0.2) is 21.5 Å². The zero-order valence-corrected chi connectivity index (χ0v) is 15.0. The molecule has 1 aliphatic carbocycles. The Morgan fingerprint density at radius 3 is 2.33 bits per heavy atom. The van der Waals surface area contributed by atoms with Crippen molar-refractivity contribution in [2.45, 2.75) is 56.4 Å². The molecule has 1 aromatic carbocycles. The van der Waals surface area contributed by atoms with E-state index in [0.717, 1.165) is 35.7 Å². The molecular weight excluding hydrogens is 352 g/mol. The summed E-state index contributed by atoms with van der Waals surface area (Å²) in [7, 11) is -1.79. The lowest BCUT2D eigenvalue weighted by Crippen LogP contribution is -2.37. The Balaban J connectivity index is 2.34. The van der Waals surface area contributed by atoms with Crippen LogP contribution in [0.5, 0.6) is 0 Å². The molecule has 1 fully saturated rings. The van der Waals surface area contributed by atoms with Crippen LogP contribution in [-0.2, 0) is 10.0 Å². The van der Waals surface area contributed by atoms with Gasteiger partial charge in [0.15, 0.2) is 0 Å². The van der Waals surface area contributed by atoms with Gasteiger partial charge >= 0.3 is 0 Å². The molecule has 6 heteroatoms. The maximum absolute atomic E-state index is 12.9. The predicted molar refractivity (Wildman–Crippen MR) is 89.7 cm³/mol. The number of halogens is 1. The molecule has 1 aliphatic rings. The molecule has 21 heavy (non-hydrogen) atoms. The smallest absolute Gasteiger partial charge is 0.243 e. The highest BCUT2D eigenvalue weighted by atomic mass is 79.9. The molecule has 0 spiro atoms. The molecule has 0 bridgehead atoms. The van der Waals surface area contributed by atoms with Crippen LogP contribution < -0.4 is 5.73 Å². The number of nitrogens with zero attached hydrogens (tertiary/aromatic N) is 1. The Hall–Kier alpha value is -0.590. The summed E-state index contributed by atoms with van der Waals surface area (Å²) in [6.07, 6.45) is 6.50. The average Bonchev–Trinajstić information content (AvgIpc) is 2.70. The van der Waals surface area contributed by atoms with E-state index in [4.69, 9.17) is 5.73 Å². The highest BCUT2D eigenvalue weighted by Crippen LogP contribution is 2.31. The van der Waals surface area contributed by atoms with Crippen molar-refractivity contribution in [3.8, 4) is 0 Å². The molecule has 0 heterocycles. The van der Waals surface area contributed by atoms with Crippen LogP contribution in [0.2, 0.25) is 0 Å². The SMILES string of the molecule is Cc1cc(Br)c(N)cc1S(=O)(=O)N(C)C1CCCCCC1. The Labute approximate surface area is 135 Å². The number of sulfonamides is 1. The van der Waals surface area contributed by atoms with Gasteiger partial charge in [-0.1, -0.05) is 25.7 Å². The Morgan fingerprint density at radius 2 is 1.76 bits per heavy atom. The van der Waals surface area contributed by atoms with Gasteiger partial charge in [-0.3, -0.25) is 0 Å². The third-order valence-corrected chi connectivity index (χ3v) is 7.03. The molecule has 0 saturated heterocycles. The van der Waals surface area contributed by atoms with Crippen LogP contribution in [0.4, 0.5) is 5.69 Å². The molecule has 0 atom stereocenters. The van der Waals surface area contributed by atoms with Gasteiger partial charge in [-0.25, -0.2) is 8.42 Å². The molecule has 1 saturated carbocycles. The van der Waals surface area contributed by atoms with Crippen molar-refractivity contribution in [2.24, 2.45) is 0 Å². The number of hydrogen-bond donors (Lipinski definition) is 1. The third kappa shape index (κ3) is 3.60. The van der Waals surface area contributed by atoms with Gasteiger partial charge in [0.25, 0.3) is 0 Å². The zero-order chi connectivity index (χ0) is 15.6. The topological polar surface area (TPSA) is 63.4 Å². The van der Waals surface area contributed by atoms with Crippen LogP contribution in [-0.4, -0.2) is 25.8 Å². The van der Waals surface area contributed by atoms with Crippen molar-refractivity contribution in [1.82, 2.24) is 4.31 Å². The minimum Gasteiger partial charge on any atom is -0.398 e. The fraction of sp³-hybridized carbons (Fsp3) is 0.600. The summed E-state index contributed by atoms with van der Waals surface area (Å²) in [4.78, 5) is 0.315. The van der Waals surface area contributed by atoms with Crippen LogP contribution in [0, 0.1) is 6.92 Å². The van der Waals surface area contributed by atoms with Gasteiger partial charge < -0.3 is 5.73 Å². The van der Waals surface area contributed by atoms with E-state index in [1.165, 1.54) is 12.8 Å². The van der Waals surface area contributed by atoms with Crippen LogP contribution in [0.1, 0.15) is 44.1 Å². The van der Waals surface area contributed by atoms with Gasteiger partial charge in [0.05, 0.1) is 4.90 Å². The number of anilines is 1. The maximum Gasteiger partial charge on any atom is 0.243 e. The van der Waals surface area contributed by atoms with Crippen LogP contribution in [0.3, 0.4) is 0 Å². The van der Waals surface area contributed by atoms with E-state index >= 15 is 0 Å². The molecule has 0 radical (unpaired) electrons. The number of nitrogen functional groups attached to an aromatic ring is 1. The highest BCUT2D eigenvalue weighted by Gasteiger charge is 2.29. The van der Waals surface area contributed by atoms with Crippen LogP contribution >= 0.6 is 15.9 Å². The number of nitrogens with two attached hydrogens (primary N) is 1. The standard InChI is InChI=1S/C15H23BrN2O2S/c1-11-9-13(16)14(17)10-15(11)21(19,20)18(2)12-7-5-3-4-6-8-12/h9-10,12H,3-8,17H2,1-2H3. The summed E-state index contributed by atoms with van der Waals surface area (Å²) in [6.45, 7) is 1.80. The second-order valence-electron chi connectivity index (χ2n) is 5.81. The van der Waals surface area contributed by atoms with Gasteiger partial charge in [-0.2, -0.15) is 4.31 Å². The van der Waals surface area contributed by atoms with Crippen molar-refractivity contribution in [2.75, 3.05) is 12.8 Å². The number of hydrogen-bond acceptors (Lipinski definition) is 3. The summed E-state index contributed by atoms with van der Waals surface area (Å²) in [5.41, 5.74) is 7.03. The Bertz CT molecular complexity index is 608. The molecule has 1 aromatic rings. The molecule has 0 aromatic heterocycles. The van der Waals surface area contributed by atoms with E-state index in [2.05, 4.69) is 15.9 Å². The first kappa shape index (κ1) is 16.8. The minimum atomic E-state index is -3.49. The Kier molecular flexibility index (Phi) is 5.33. The third-order valence-electron chi connectivity index (χ3n) is 4.29. The van der Waals surface area contributed by atoms with Crippen molar-refractivity contribution >= 4 is 31.6 Å². The van der Waals surface area contributed by atoms with Gasteiger partial charge in [0, 0.05) is 23.2 Å². The summed E-state index contributed by atoms with van der Waals surface area (Å²) >= 11 is 3.34. The molecule has 0 amide bonds. The van der Waals surface area contributed by atoms with Crippen molar-refractivity contribution in [3.63, 3.8) is 0 Å². The fourth-order valence-electron chi connectivity index (χ4n) is 2.92. The van der Waals surface area contributed by atoms with E-state index < -0.39 is 10.0 Å². The minimum absolute atomic E-state index is 0.0989. The van der Waals surface area contributed by atoms with Crippen molar-refractivity contribution in [3.05, 3.63) is 22.2 Å². The quantitative estimate of drug-likeness (QED) is 0.648. The second-order valence-corrected chi connectivity index (χ2v) is 8.63. The molecule has 118 valence electrons. The molecule has 0 unspecified atom stereocenters.